The van der Waals surface area contributed by atoms with Gasteiger partial charge < -0.3 is 5.32 Å². The van der Waals surface area contributed by atoms with Gasteiger partial charge >= 0.3 is 0 Å². The van der Waals surface area contributed by atoms with Gasteiger partial charge in [0, 0.05) is 30.1 Å². The van der Waals surface area contributed by atoms with Crippen LogP contribution in [0.25, 0.3) is 0 Å². The smallest absolute Gasteiger partial charge is 0.253 e. The van der Waals surface area contributed by atoms with Gasteiger partial charge in [0.2, 0.25) is 10.0 Å². The van der Waals surface area contributed by atoms with Crippen molar-refractivity contribution in [3.8, 4) is 0 Å². The lowest BCUT2D eigenvalue weighted by molar-refractivity contribution is 0.0957. The van der Waals surface area contributed by atoms with Crippen molar-refractivity contribution in [1.29, 1.82) is 0 Å². The van der Waals surface area contributed by atoms with Gasteiger partial charge in [-0.15, -0.1) is 0 Å². The molecule has 26 heavy (non-hydrogen) atoms. The highest BCUT2D eigenvalue weighted by atomic mass is 35.5. The number of carbonyl (C=O) groups is 1. The fraction of sp³-hybridized carbons (Fsp3) is 0.278. The van der Waals surface area contributed by atoms with Crippen molar-refractivity contribution in [2.45, 2.75) is 5.75 Å². The Morgan fingerprint density at radius 3 is 2.46 bits per heavy atom. The van der Waals surface area contributed by atoms with E-state index in [0.29, 0.717) is 22.8 Å². The van der Waals surface area contributed by atoms with Crippen LogP contribution < -0.4 is 9.62 Å². The van der Waals surface area contributed by atoms with Crippen molar-refractivity contribution in [3.05, 3.63) is 64.7 Å². The zero-order valence-corrected chi connectivity index (χ0v) is 17.0. The minimum Gasteiger partial charge on any atom is -0.351 e. The average Bonchev–Trinajstić information content (AvgIpc) is 2.61. The van der Waals surface area contributed by atoms with Gasteiger partial charge in [0.05, 0.1) is 17.5 Å². The minimum atomic E-state index is -3.43. The van der Waals surface area contributed by atoms with E-state index in [9.17, 15) is 13.2 Å². The lowest BCUT2D eigenvalue weighted by Crippen LogP contribution is -2.30. The molecule has 1 amide bonds. The van der Waals surface area contributed by atoms with Crippen LogP contribution >= 0.6 is 23.4 Å². The molecule has 0 saturated heterocycles. The van der Waals surface area contributed by atoms with E-state index < -0.39 is 10.0 Å². The number of amides is 1. The van der Waals surface area contributed by atoms with Crippen molar-refractivity contribution in [3.63, 3.8) is 0 Å². The maximum absolute atomic E-state index is 12.4. The van der Waals surface area contributed by atoms with Gasteiger partial charge in [-0.25, -0.2) is 8.42 Å². The highest BCUT2D eigenvalue weighted by molar-refractivity contribution is 7.98. The Bertz CT molecular complexity index is 855. The topological polar surface area (TPSA) is 66.5 Å². The van der Waals surface area contributed by atoms with E-state index >= 15 is 0 Å². The quantitative estimate of drug-likeness (QED) is 0.675. The van der Waals surface area contributed by atoms with Crippen molar-refractivity contribution in [1.82, 2.24) is 5.32 Å². The Morgan fingerprint density at radius 2 is 1.81 bits per heavy atom. The molecular weight excluding hydrogens is 392 g/mol. The fourth-order valence-corrected chi connectivity index (χ4v) is 3.68. The summed E-state index contributed by atoms with van der Waals surface area (Å²) in [5, 5.41) is 3.55. The summed E-state index contributed by atoms with van der Waals surface area (Å²) >= 11 is 7.56. The molecule has 0 bridgehead atoms. The predicted molar refractivity (Wildman–Crippen MR) is 110 cm³/mol. The van der Waals surface area contributed by atoms with E-state index in [0.717, 1.165) is 22.1 Å². The number of hydrogen-bond donors (Lipinski definition) is 1. The van der Waals surface area contributed by atoms with Crippen LogP contribution in [-0.2, 0) is 15.8 Å². The van der Waals surface area contributed by atoms with Crippen molar-refractivity contribution < 1.29 is 13.2 Å². The molecule has 0 atom stereocenters. The summed E-state index contributed by atoms with van der Waals surface area (Å²) in [5.74, 6) is 1.29. The summed E-state index contributed by atoms with van der Waals surface area (Å²) < 4.78 is 24.6. The first kappa shape index (κ1) is 20.6. The average molecular weight is 413 g/mol. The number of nitrogens with one attached hydrogen (secondary N) is 1. The molecule has 1 N–H and O–H groups in total. The third kappa shape index (κ3) is 5.93. The van der Waals surface area contributed by atoms with Crippen LogP contribution in [0.4, 0.5) is 5.69 Å². The third-order valence-corrected chi connectivity index (χ3v) is 6.17. The second-order valence-corrected chi connectivity index (χ2v) is 9.24. The number of carbonyl (C=O) groups excluding carboxylic acids is 1. The van der Waals surface area contributed by atoms with E-state index in [-0.39, 0.29) is 5.91 Å². The van der Waals surface area contributed by atoms with E-state index in [4.69, 9.17) is 11.6 Å². The number of benzene rings is 2. The molecule has 0 radical (unpaired) electrons. The van der Waals surface area contributed by atoms with Gasteiger partial charge in [-0.1, -0.05) is 35.9 Å². The van der Waals surface area contributed by atoms with Gasteiger partial charge in [-0.3, -0.25) is 9.10 Å². The number of rotatable bonds is 8. The molecule has 8 heteroatoms. The van der Waals surface area contributed by atoms with Crippen LogP contribution in [0.15, 0.2) is 48.5 Å². The maximum atomic E-state index is 12.4. The number of nitrogens with zero attached hydrogens (tertiary/aromatic N) is 1. The molecule has 2 aromatic carbocycles. The molecule has 0 fully saturated rings. The van der Waals surface area contributed by atoms with E-state index in [2.05, 4.69) is 5.32 Å². The summed E-state index contributed by atoms with van der Waals surface area (Å²) in [6.45, 7) is 0.494. The van der Waals surface area contributed by atoms with Gasteiger partial charge in [0.25, 0.3) is 5.91 Å². The van der Waals surface area contributed by atoms with Gasteiger partial charge in [-0.2, -0.15) is 11.8 Å². The zero-order valence-electron chi connectivity index (χ0n) is 14.6. The van der Waals surface area contributed by atoms with Gasteiger partial charge in [-0.05, 0) is 29.8 Å². The lowest BCUT2D eigenvalue weighted by Gasteiger charge is -2.19. The van der Waals surface area contributed by atoms with E-state index in [1.54, 1.807) is 36.0 Å². The SMILES string of the molecule is CN(c1ccccc1C(=O)NCCSCc1ccc(Cl)cc1)S(C)(=O)=O. The van der Waals surface area contributed by atoms with Crippen LogP contribution in [0, 0.1) is 0 Å². The van der Waals surface area contributed by atoms with Crippen LogP contribution in [0.3, 0.4) is 0 Å². The number of sulfonamides is 1. The standard InChI is InChI=1S/C18H21ClN2O3S2/c1-21(26(2,23)24)17-6-4-3-5-16(17)18(22)20-11-12-25-13-14-7-9-15(19)10-8-14/h3-10H,11-13H2,1-2H3,(H,20,22). The van der Waals surface area contributed by atoms with E-state index in [1.807, 2.05) is 24.3 Å². The first-order valence-corrected chi connectivity index (χ1v) is 11.3. The number of anilines is 1. The Balaban J connectivity index is 1.87. The molecule has 0 aliphatic heterocycles. The molecule has 0 aliphatic carbocycles. The molecule has 0 spiro atoms. The minimum absolute atomic E-state index is 0.289. The van der Waals surface area contributed by atoms with Crippen molar-refractivity contribution >= 4 is 45.0 Å². The van der Waals surface area contributed by atoms with Gasteiger partial charge in [0.15, 0.2) is 0 Å². The summed E-state index contributed by atoms with van der Waals surface area (Å²) in [4.78, 5) is 12.4. The number of halogens is 1. The number of hydrogen-bond acceptors (Lipinski definition) is 4. The summed E-state index contributed by atoms with van der Waals surface area (Å²) in [5.41, 5.74) is 1.87. The van der Waals surface area contributed by atoms with Crippen LogP contribution in [0.5, 0.6) is 0 Å². The van der Waals surface area contributed by atoms with Crippen LogP contribution in [0.1, 0.15) is 15.9 Å². The lowest BCUT2D eigenvalue weighted by atomic mass is 10.1. The van der Waals surface area contributed by atoms with Crippen molar-refractivity contribution in [2.75, 3.05) is 29.9 Å². The van der Waals surface area contributed by atoms with Gasteiger partial charge in [0.1, 0.15) is 0 Å². The molecule has 0 unspecified atom stereocenters. The Hall–Kier alpha value is -1.70. The Kier molecular flexibility index (Phi) is 7.37. The Labute approximate surface area is 163 Å². The first-order chi connectivity index (χ1) is 12.3. The third-order valence-electron chi connectivity index (χ3n) is 3.70. The summed E-state index contributed by atoms with van der Waals surface area (Å²) in [7, 11) is -2.00. The highest BCUT2D eigenvalue weighted by Gasteiger charge is 2.19. The predicted octanol–water partition coefficient (Wildman–Crippen LogP) is 3.40. The highest BCUT2D eigenvalue weighted by Crippen LogP contribution is 2.21. The largest absolute Gasteiger partial charge is 0.351 e. The van der Waals surface area contributed by atoms with Crippen LogP contribution in [0.2, 0.25) is 5.02 Å². The first-order valence-electron chi connectivity index (χ1n) is 7.92. The number of para-hydroxylation sites is 1. The molecule has 2 aromatic rings. The van der Waals surface area contributed by atoms with Crippen LogP contribution in [-0.4, -0.2) is 39.9 Å². The molecule has 0 saturated carbocycles. The molecule has 5 nitrogen and oxygen atoms in total. The second-order valence-electron chi connectivity index (χ2n) is 5.68. The summed E-state index contributed by atoms with van der Waals surface area (Å²) in [6.07, 6.45) is 1.11. The second kappa shape index (κ2) is 9.30. The molecule has 2 rings (SSSR count). The molecule has 0 aliphatic rings. The monoisotopic (exact) mass is 412 g/mol. The zero-order chi connectivity index (χ0) is 19.2. The molecular formula is C18H21ClN2O3S2. The fourth-order valence-electron chi connectivity index (χ4n) is 2.22. The van der Waals surface area contributed by atoms with E-state index in [1.165, 1.54) is 12.6 Å². The molecule has 140 valence electrons. The Morgan fingerprint density at radius 1 is 1.15 bits per heavy atom. The molecule has 0 aromatic heterocycles. The normalized spacial score (nSPS) is 11.2. The maximum Gasteiger partial charge on any atom is 0.253 e. The summed E-state index contributed by atoms with van der Waals surface area (Å²) in [6, 6.07) is 14.3. The molecule has 0 heterocycles. The number of thioether (sulfide) groups is 1. The van der Waals surface area contributed by atoms with Crippen molar-refractivity contribution in [2.24, 2.45) is 0 Å².